The van der Waals surface area contributed by atoms with Gasteiger partial charge in [0.2, 0.25) is 0 Å². The molecular formula is C22H28IN5O. The number of pyridine rings is 1. The number of guanidine groups is 1. The molecule has 2 aromatic heterocycles. The van der Waals surface area contributed by atoms with Crippen LogP contribution in [0.4, 0.5) is 0 Å². The van der Waals surface area contributed by atoms with E-state index in [2.05, 4.69) is 57.4 Å². The zero-order chi connectivity index (χ0) is 19.3. The first-order chi connectivity index (χ1) is 13.7. The van der Waals surface area contributed by atoms with Gasteiger partial charge in [0.1, 0.15) is 11.4 Å². The molecule has 4 rings (SSSR count). The van der Waals surface area contributed by atoms with Crippen molar-refractivity contribution in [3.8, 4) is 5.75 Å². The molecule has 29 heavy (non-hydrogen) atoms. The van der Waals surface area contributed by atoms with E-state index in [1.165, 1.54) is 16.7 Å². The first kappa shape index (κ1) is 21.4. The molecule has 0 spiro atoms. The largest absolute Gasteiger partial charge is 0.493 e. The second-order valence-electron chi connectivity index (χ2n) is 7.12. The van der Waals surface area contributed by atoms with E-state index in [1.54, 1.807) is 7.05 Å². The lowest BCUT2D eigenvalue weighted by Gasteiger charge is -2.11. The molecule has 0 amide bonds. The molecule has 1 aliphatic rings. The minimum absolute atomic E-state index is 0. The summed E-state index contributed by atoms with van der Waals surface area (Å²) in [7, 11) is 1.80. The van der Waals surface area contributed by atoms with Crippen LogP contribution in [0, 0.1) is 6.92 Å². The van der Waals surface area contributed by atoms with Crippen LogP contribution in [0.1, 0.15) is 22.4 Å². The fourth-order valence-electron chi connectivity index (χ4n) is 3.58. The number of nitrogens with zero attached hydrogens (tertiary/aromatic N) is 3. The molecule has 0 atom stereocenters. The lowest BCUT2D eigenvalue weighted by molar-refractivity contribution is 0.357. The topological polar surface area (TPSA) is 63.0 Å². The normalized spacial score (nSPS) is 13.0. The van der Waals surface area contributed by atoms with Crippen molar-refractivity contribution in [3.63, 3.8) is 0 Å². The SMILES string of the molecule is CN=C(NCCc1ccc2c(c1)CCO2)NCCc1cn2cccc(C)c2n1.I. The van der Waals surface area contributed by atoms with Crippen LogP contribution in [-0.2, 0) is 19.3 Å². The summed E-state index contributed by atoms with van der Waals surface area (Å²) in [6.45, 7) is 4.52. The fourth-order valence-corrected chi connectivity index (χ4v) is 3.58. The molecule has 0 aliphatic carbocycles. The van der Waals surface area contributed by atoms with Crippen molar-refractivity contribution < 1.29 is 4.74 Å². The van der Waals surface area contributed by atoms with E-state index in [9.17, 15) is 0 Å². The number of hydrogen-bond donors (Lipinski definition) is 2. The number of ether oxygens (including phenoxy) is 1. The summed E-state index contributed by atoms with van der Waals surface area (Å²) in [5, 5.41) is 6.76. The third-order valence-corrected chi connectivity index (χ3v) is 5.08. The Kier molecular flexibility index (Phi) is 7.35. The van der Waals surface area contributed by atoms with E-state index in [-0.39, 0.29) is 24.0 Å². The van der Waals surface area contributed by atoms with Gasteiger partial charge >= 0.3 is 0 Å². The van der Waals surface area contributed by atoms with Crippen molar-refractivity contribution in [2.24, 2.45) is 4.99 Å². The maximum Gasteiger partial charge on any atom is 0.190 e. The van der Waals surface area contributed by atoms with Gasteiger partial charge < -0.3 is 19.8 Å². The van der Waals surface area contributed by atoms with Gasteiger partial charge in [-0.15, -0.1) is 24.0 Å². The average molecular weight is 505 g/mol. The van der Waals surface area contributed by atoms with E-state index in [0.29, 0.717) is 0 Å². The molecule has 1 aromatic carbocycles. The van der Waals surface area contributed by atoms with Crippen molar-refractivity contribution in [2.45, 2.75) is 26.2 Å². The van der Waals surface area contributed by atoms with Crippen molar-refractivity contribution in [2.75, 3.05) is 26.7 Å². The molecule has 3 aromatic rings. The van der Waals surface area contributed by atoms with Crippen LogP contribution in [0.5, 0.6) is 5.75 Å². The number of nitrogens with one attached hydrogen (secondary N) is 2. The van der Waals surface area contributed by atoms with E-state index in [0.717, 1.165) is 62.0 Å². The summed E-state index contributed by atoms with van der Waals surface area (Å²) in [5.74, 6) is 1.86. The molecule has 0 saturated carbocycles. The van der Waals surface area contributed by atoms with Crippen molar-refractivity contribution >= 4 is 35.6 Å². The lowest BCUT2D eigenvalue weighted by Crippen LogP contribution is -2.39. The Balaban J connectivity index is 0.00000240. The Labute approximate surface area is 188 Å². The number of imidazole rings is 1. The first-order valence-electron chi connectivity index (χ1n) is 9.85. The maximum atomic E-state index is 5.57. The number of rotatable bonds is 6. The number of benzene rings is 1. The van der Waals surface area contributed by atoms with Crippen LogP contribution >= 0.6 is 24.0 Å². The summed E-state index contributed by atoms with van der Waals surface area (Å²) < 4.78 is 7.65. The second kappa shape index (κ2) is 9.96. The summed E-state index contributed by atoms with van der Waals surface area (Å²) in [6, 6.07) is 10.6. The van der Waals surface area contributed by atoms with Gasteiger partial charge in [-0.2, -0.15) is 0 Å². The Bertz CT molecular complexity index is 998. The highest BCUT2D eigenvalue weighted by molar-refractivity contribution is 14.0. The Morgan fingerprint density at radius 1 is 1.21 bits per heavy atom. The molecule has 154 valence electrons. The minimum atomic E-state index is 0. The van der Waals surface area contributed by atoms with E-state index in [4.69, 9.17) is 9.72 Å². The third kappa shape index (κ3) is 5.20. The van der Waals surface area contributed by atoms with Crippen molar-refractivity contribution in [1.82, 2.24) is 20.0 Å². The van der Waals surface area contributed by atoms with Gasteiger partial charge in [-0.1, -0.05) is 18.2 Å². The highest BCUT2D eigenvalue weighted by Gasteiger charge is 2.11. The zero-order valence-corrected chi connectivity index (χ0v) is 19.3. The monoisotopic (exact) mass is 505 g/mol. The van der Waals surface area contributed by atoms with Gasteiger partial charge in [0.05, 0.1) is 12.3 Å². The molecule has 0 unspecified atom stereocenters. The molecule has 3 heterocycles. The molecule has 2 N–H and O–H groups in total. The van der Waals surface area contributed by atoms with Crippen molar-refractivity contribution in [1.29, 1.82) is 0 Å². The van der Waals surface area contributed by atoms with E-state index >= 15 is 0 Å². The highest BCUT2D eigenvalue weighted by atomic mass is 127. The number of aromatic nitrogens is 2. The van der Waals surface area contributed by atoms with E-state index in [1.807, 2.05) is 12.3 Å². The summed E-state index contributed by atoms with van der Waals surface area (Å²) in [5.41, 5.74) is 5.95. The number of hydrogen-bond acceptors (Lipinski definition) is 3. The Morgan fingerprint density at radius 3 is 2.83 bits per heavy atom. The highest BCUT2D eigenvalue weighted by Crippen LogP contribution is 2.25. The molecule has 7 heteroatoms. The van der Waals surface area contributed by atoms with Gasteiger partial charge in [-0.05, 0) is 42.2 Å². The third-order valence-electron chi connectivity index (χ3n) is 5.08. The first-order valence-corrected chi connectivity index (χ1v) is 9.85. The summed E-state index contributed by atoms with van der Waals surface area (Å²) >= 11 is 0. The van der Waals surface area contributed by atoms with Gasteiger partial charge in [0.15, 0.2) is 5.96 Å². The number of fused-ring (bicyclic) bond motifs is 2. The maximum absolute atomic E-state index is 5.57. The fraction of sp³-hybridized carbons (Fsp3) is 0.364. The van der Waals surface area contributed by atoms with Crippen LogP contribution in [-0.4, -0.2) is 42.1 Å². The molecular weight excluding hydrogens is 477 g/mol. The number of aryl methyl sites for hydroxylation is 1. The Morgan fingerprint density at radius 2 is 2.03 bits per heavy atom. The number of aliphatic imine (C=N–C) groups is 1. The van der Waals surface area contributed by atoms with Crippen LogP contribution in [0.15, 0.2) is 47.7 Å². The average Bonchev–Trinajstić information content (AvgIpc) is 3.33. The lowest BCUT2D eigenvalue weighted by atomic mass is 10.1. The van der Waals surface area contributed by atoms with Crippen LogP contribution in [0.2, 0.25) is 0 Å². The van der Waals surface area contributed by atoms with Crippen LogP contribution < -0.4 is 15.4 Å². The van der Waals surface area contributed by atoms with Gasteiger partial charge in [-0.25, -0.2) is 4.98 Å². The van der Waals surface area contributed by atoms with Crippen molar-refractivity contribution in [3.05, 3.63) is 65.1 Å². The summed E-state index contributed by atoms with van der Waals surface area (Å²) in [4.78, 5) is 9.03. The summed E-state index contributed by atoms with van der Waals surface area (Å²) in [6.07, 6.45) is 6.96. The molecule has 0 saturated heterocycles. The predicted molar refractivity (Wildman–Crippen MR) is 128 cm³/mol. The second-order valence-corrected chi connectivity index (χ2v) is 7.12. The molecule has 0 fully saturated rings. The van der Waals surface area contributed by atoms with Crippen LogP contribution in [0.25, 0.3) is 5.65 Å². The van der Waals surface area contributed by atoms with Gasteiger partial charge in [-0.3, -0.25) is 4.99 Å². The van der Waals surface area contributed by atoms with E-state index < -0.39 is 0 Å². The molecule has 1 aliphatic heterocycles. The van der Waals surface area contributed by atoms with Crippen LogP contribution in [0.3, 0.4) is 0 Å². The number of halogens is 1. The smallest absolute Gasteiger partial charge is 0.190 e. The van der Waals surface area contributed by atoms with Gasteiger partial charge in [0.25, 0.3) is 0 Å². The molecule has 0 bridgehead atoms. The molecule has 0 radical (unpaired) electrons. The quantitative estimate of drug-likeness (QED) is 0.307. The minimum Gasteiger partial charge on any atom is -0.493 e. The molecule has 6 nitrogen and oxygen atoms in total. The van der Waals surface area contributed by atoms with Gasteiger partial charge in [0, 0.05) is 45.4 Å². The Hall–Kier alpha value is -2.29. The standard InChI is InChI=1S/C22H27N5O.HI/c1-16-4-3-12-27-15-19(26-21(16)27)8-11-25-22(23-2)24-10-7-17-5-6-20-18(14-17)9-13-28-20;/h3-6,12,14-15H,7-11,13H2,1-2H3,(H2,23,24,25);1H. The predicted octanol–water partition coefficient (Wildman–Crippen LogP) is 3.15. The zero-order valence-electron chi connectivity index (χ0n) is 16.9.